The molecule has 1 saturated heterocycles. The molecule has 0 radical (unpaired) electrons. The molecule has 0 amide bonds. The van der Waals surface area contributed by atoms with Gasteiger partial charge in [0.05, 0.1) is 19.3 Å². The van der Waals surface area contributed by atoms with E-state index in [1.165, 1.54) is 11.1 Å². The molecule has 0 saturated carbocycles. The minimum atomic E-state index is 0. The van der Waals surface area contributed by atoms with E-state index in [4.69, 9.17) is 9.47 Å². The lowest BCUT2D eigenvalue weighted by atomic mass is 9.89. The van der Waals surface area contributed by atoms with Crippen molar-refractivity contribution in [1.29, 1.82) is 0 Å². The van der Waals surface area contributed by atoms with Crippen molar-refractivity contribution >= 4 is 12.4 Å². The highest BCUT2D eigenvalue weighted by molar-refractivity contribution is 5.85. The van der Waals surface area contributed by atoms with Crippen molar-refractivity contribution in [1.82, 2.24) is 5.32 Å². The largest absolute Gasteiger partial charge is 0.494 e. The Morgan fingerprint density at radius 3 is 3.12 bits per heavy atom. The molecule has 1 aromatic rings. The predicted octanol–water partition coefficient (Wildman–Crippen LogP) is 2.09. The summed E-state index contributed by atoms with van der Waals surface area (Å²) in [6.45, 7) is 5.48. The molecule has 1 N–H and O–H groups in total. The third kappa shape index (κ3) is 2.28. The molecule has 4 heteroatoms. The van der Waals surface area contributed by atoms with E-state index in [2.05, 4.69) is 17.4 Å². The molecule has 94 valence electrons. The molecule has 3 rings (SSSR count). The molecule has 2 heterocycles. The second-order valence-electron chi connectivity index (χ2n) is 4.41. The quantitative estimate of drug-likeness (QED) is 0.878. The van der Waals surface area contributed by atoms with Crippen LogP contribution in [-0.4, -0.2) is 25.8 Å². The van der Waals surface area contributed by atoms with Gasteiger partial charge in [-0.2, -0.15) is 0 Å². The minimum Gasteiger partial charge on any atom is -0.494 e. The van der Waals surface area contributed by atoms with Gasteiger partial charge < -0.3 is 14.8 Å². The zero-order chi connectivity index (χ0) is 11.0. The number of nitrogens with one attached hydrogen (secondary N) is 1. The average Bonchev–Trinajstić information content (AvgIpc) is 2.78. The van der Waals surface area contributed by atoms with Crippen LogP contribution in [0.5, 0.6) is 5.75 Å². The van der Waals surface area contributed by atoms with Crippen molar-refractivity contribution in [2.24, 2.45) is 0 Å². The monoisotopic (exact) mass is 255 g/mol. The predicted molar refractivity (Wildman–Crippen MR) is 69.0 cm³/mol. The van der Waals surface area contributed by atoms with E-state index < -0.39 is 0 Å². The number of benzene rings is 1. The minimum absolute atomic E-state index is 0. The third-order valence-electron chi connectivity index (χ3n) is 3.44. The van der Waals surface area contributed by atoms with Crippen LogP contribution >= 0.6 is 12.4 Å². The Hall–Kier alpha value is -0.770. The zero-order valence-corrected chi connectivity index (χ0v) is 10.8. The summed E-state index contributed by atoms with van der Waals surface area (Å²) in [5, 5.41) is 3.39. The summed E-state index contributed by atoms with van der Waals surface area (Å²) in [5.74, 6) is 1.48. The van der Waals surface area contributed by atoms with Gasteiger partial charge in [-0.05, 0) is 30.2 Å². The molecule has 0 spiro atoms. The lowest BCUT2D eigenvalue weighted by molar-refractivity contribution is 0.0298. The van der Waals surface area contributed by atoms with E-state index in [1.807, 2.05) is 13.0 Å². The van der Waals surface area contributed by atoms with Gasteiger partial charge in [-0.1, -0.05) is 6.07 Å². The van der Waals surface area contributed by atoms with Crippen molar-refractivity contribution in [2.45, 2.75) is 25.6 Å². The first-order valence-electron chi connectivity index (χ1n) is 5.96. The Bertz CT molecular complexity index is 397. The molecule has 0 aromatic heterocycles. The van der Waals surface area contributed by atoms with Crippen LogP contribution in [0.25, 0.3) is 0 Å². The topological polar surface area (TPSA) is 30.5 Å². The van der Waals surface area contributed by atoms with Gasteiger partial charge in [0.2, 0.25) is 0 Å². The van der Waals surface area contributed by atoms with Crippen LogP contribution in [-0.2, 0) is 11.3 Å². The maximum absolute atomic E-state index is 5.82. The Kier molecular flexibility index (Phi) is 3.92. The van der Waals surface area contributed by atoms with E-state index in [1.54, 1.807) is 0 Å². The van der Waals surface area contributed by atoms with Crippen LogP contribution in [0.15, 0.2) is 18.2 Å². The molecule has 2 aliphatic rings. The number of ether oxygens (including phenoxy) is 2. The Balaban J connectivity index is 0.00000108. The molecule has 2 aliphatic heterocycles. The van der Waals surface area contributed by atoms with Gasteiger partial charge in [-0.15, -0.1) is 12.4 Å². The first kappa shape index (κ1) is 12.7. The van der Waals surface area contributed by atoms with Crippen molar-refractivity contribution in [3.63, 3.8) is 0 Å². The van der Waals surface area contributed by atoms with Gasteiger partial charge in [-0.25, -0.2) is 0 Å². The van der Waals surface area contributed by atoms with E-state index in [9.17, 15) is 0 Å². The first-order valence-corrected chi connectivity index (χ1v) is 5.96. The van der Waals surface area contributed by atoms with E-state index >= 15 is 0 Å². The fourth-order valence-electron chi connectivity index (χ4n) is 2.64. The summed E-state index contributed by atoms with van der Waals surface area (Å²) < 4.78 is 11.4. The standard InChI is InChI=1S/C13H17NO2.ClH/c1-2-15-10-4-3-9-8-16-13-7-14-6-12(13)11(9)5-10;/h3-5,12-14H,2,6-8H2,1H3;1H/t12-,13-;/m1./s1. The molecule has 0 aliphatic carbocycles. The molecule has 2 atom stereocenters. The smallest absolute Gasteiger partial charge is 0.119 e. The summed E-state index contributed by atoms with van der Waals surface area (Å²) in [7, 11) is 0. The number of halogens is 1. The van der Waals surface area contributed by atoms with E-state index in [0.717, 1.165) is 32.1 Å². The lowest BCUT2D eigenvalue weighted by Crippen LogP contribution is -2.26. The van der Waals surface area contributed by atoms with Gasteiger partial charge in [0.1, 0.15) is 5.75 Å². The first-order chi connectivity index (χ1) is 7.88. The van der Waals surface area contributed by atoms with Crippen molar-refractivity contribution < 1.29 is 9.47 Å². The lowest BCUT2D eigenvalue weighted by Gasteiger charge is -2.28. The Morgan fingerprint density at radius 1 is 1.41 bits per heavy atom. The SMILES string of the molecule is CCOc1ccc2c(c1)[C@H]1CNC[C@H]1OC2.Cl. The van der Waals surface area contributed by atoms with Crippen LogP contribution in [0.3, 0.4) is 0 Å². The highest BCUT2D eigenvalue weighted by Gasteiger charge is 2.34. The van der Waals surface area contributed by atoms with Gasteiger partial charge in [0.15, 0.2) is 0 Å². The fraction of sp³-hybridized carbons (Fsp3) is 0.538. The van der Waals surface area contributed by atoms with E-state index in [0.29, 0.717) is 12.0 Å². The highest BCUT2D eigenvalue weighted by Crippen LogP contribution is 2.35. The van der Waals surface area contributed by atoms with Crippen LogP contribution in [0.2, 0.25) is 0 Å². The number of fused-ring (bicyclic) bond motifs is 3. The number of hydrogen-bond acceptors (Lipinski definition) is 3. The fourth-order valence-corrected chi connectivity index (χ4v) is 2.64. The van der Waals surface area contributed by atoms with Crippen LogP contribution < -0.4 is 10.1 Å². The van der Waals surface area contributed by atoms with Crippen LogP contribution in [0.1, 0.15) is 24.0 Å². The summed E-state index contributed by atoms with van der Waals surface area (Å²) in [6, 6.07) is 6.36. The Morgan fingerprint density at radius 2 is 2.29 bits per heavy atom. The van der Waals surface area contributed by atoms with Gasteiger partial charge in [0, 0.05) is 19.0 Å². The summed E-state index contributed by atoms with van der Waals surface area (Å²) in [4.78, 5) is 0. The molecular formula is C13H18ClNO2. The van der Waals surface area contributed by atoms with Crippen LogP contribution in [0, 0.1) is 0 Å². The Labute approximate surface area is 108 Å². The summed E-state index contributed by atoms with van der Waals surface area (Å²) >= 11 is 0. The molecule has 1 aromatic carbocycles. The van der Waals surface area contributed by atoms with E-state index in [-0.39, 0.29) is 12.4 Å². The normalized spacial score (nSPS) is 25.7. The maximum Gasteiger partial charge on any atom is 0.119 e. The van der Waals surface area contributed by atoms with Gasteiger partial charge >= 0.3 is 0 Å². The number of hydrogen-bond donors (Lipinski definition) is 1. The maximum atomic E-state index is 5.82. The van der Waals surface area contributed by atoms with Crippen molar-refractivity contribution in [3.8, 4) is 5.75 Å². The zero-order valence-electron chi connectivity index (χ0n) is 9.94. The molecule has 0 bridgehead atoms. The van der Waals surface area contributed by atoms with Crippen molar-refractivity contribution in [3.05, 3.63) is 29.3 Å². The second-order valence-corrected chi connectivity index (χ2v) is 4.41. The molecule has 0 unspecified atom stereocenters. The summed E-state index contributed by atoms with van der Waals surface area (Å²) in [6.07, 6.45) is 0.351. The summed E-state index contributed by atoms with van der Waals surface area (Å²) in [5.41, 5.74) is 2.72. The average molecular weight is 256 g/mol. The third-order valence-corrected chi connectivity index (χ3v) is 3.44. The number of rotatable bonds is 2. The second kappa shape index (κ2) is 5.25. The van der Waals surface area contributed by atoms with Gasteiger partial charge in [0.25, 0.3) is 0 Å². The van der Waals surface area contributed by atoms with Gasteiger partial charge in [-0.3, -0.25) is 0 Å². The molecule has 1 fully saturated rings. The van der Waals surface area contributed by atoms with Crippen LogP contribution in [0.4, 0.5) is 0 Å². The highest BCUT2D eigenvalue weighted by atomic mass is 35.5. The van der Waals surface area contributed by atoms with Crippen molar-refractivity contribution in [2.75, 3.05) is 19.7 Å². The molecular weight excluding hydrogens is 238 g/mol. The molecule has 3 nitrogen and oxygen atoms in total. The molecule has 17 heavy (non-hydrogen) atoms.